The number of hydrogen-bond acceptors (Lipinski definition) is 9. The quantitative estimate of drug-likeness (QED) is 0.222. The molecular weight excluding hydrogens is 522 g/mol. The van der Waals surface area contributed by atoms with E-state index in [1.54, 1.807) is 19.9 Å². The van der Waals surface area contributed by atoms with Gasteiger partial charge in [-0.05, 0) is 48.4 Å². The highest BCUT2D eigenvalue weighted by Gasteiger charge is 2.36. The number of nitro benzene ring substituents is 1. The first-order chi connectivity index (χ1) is 18.7. The maximum atomic E-state index is 13.9. The Morgan fingerprint density at radius 1 is 1.23 bits per heavy atom. The number of aromatic nitrogens is 1. The minimum Gasteiger partial charge on any atom is -0.502 e. The lowest BCUT2D eigenvalue weighted by Crippen LogP contribution is -2.40. The van der Waals surface area contributed by atoms with Crippen LogP contribution in [-0.4, -0.2) is 34.3 Å². The highest BCUT2D eigenvalue weighted by Crippen LogP contribution is 2.40. The molecule has 10 nitrogen and oxygen atoms in total. The van der Waals surface area contributed by atoms with Crippen molar-refractivity contribution in [2.75, 3.05) is 13.7 Å². The first-order valence-electron chi connectivity index (χ1n) is 12.0. The smallest absolute Gasteiger partial charge is 0.338 e. The van der Waals surface area contributed by atoms with Crippen molar-refractivity contribution >= 4 is 39.8 Å². The zero-order valence-corrected chi connectivity index (χ0v) is 22.0. The zero-order valence-electron chi connectivity index (χ0n) is 21.2. The van der Waals surface area contributed by atoms with Crippen LogP contribution >= 0.6 is 11.3 Å². The highest BCUT2D eigenvalue weighted by molar-refractivity contribution is 7.07. The van der Waals surface area contributed by atoms with E-state index in [1.807, 2.05) is 30.3 Å². The third-order valence-corrected chi connectivity index (χ3v) is 7.42. The SMILES string of the molecule is CCOC(=O)C1=C(C)N=c2s/c(=C\c3ccc(O)c([N+](=O)[O-])c3)c(=O)n2[C@@H]1c1c(OC)ccc2ccccc12. The number of hydrogen-bond donors (Lipinski definition) is 1. The molecule has 2 heterocycles. The number of benzene rings is 3. The van der Waals surface area contributed by atoms with Gasteiger partial charge in [0.15, 0.2) is 10.6 Å². The van der Waals surface area contributed by atoms with E-state index in [2.05, 4.69) is 4.99 Å². The second-order valence-corrected chi connectivity index (χ2v) is 9.72. The minimum absolute atomic E-state index is 0.138. The van der Waals surface area contributed by atoms with Crippen molar-refractivity contribution in [3.63, 3.8) is 0 Å². The summed E-state index contributed by atoms with van der Waals surface area (Å²) in [6.07, 6.45) is 1.50. The Bertz CT molecular complexity index is 1870. The van der Waals surface area contributed by atoms with E-state index in [0.29, 0.717) is 27.4 Å². The van der Waals surface area contributed by atoms with Gasteiger partial charge >= 0.3 is 11.7 Å². The molecule has 0 bridgehead atoms. The molecule has 4 aromatic rings. The van der Waals surface area contributed by atoms with Crippen LogP contribution in [0.4, 0.5) is 5.69 Å². The average molecular weight is 546 g/mol. The number of phenolic OH excluding ortho intramolecular Hbond substituents is 1. The molecule has 0 fully saturated rings. The van der Waals surface area contributed by atoms with E-state index in [1.165, 1.54) is 36.0 Å². The number of thiazole rings is 1. The molecule has 198 valence electrons. The van der Waals surface area contributed by atoms with Gasteiger partial charge < -0.3 is 14.6 Å². The summed E-state index contributed by atoms with van der Waals surface area (Å²) in [5.41, 5.74) is 0.664. The van der Waals surface area contributed by atoms with Gasteiger partial charge in [-0.25, -0.2) is 9.79 Å². The number of carbonyl (C=O) groups is 1. The van der Waals surface area contributed by atoms with Gasteiger partial charge in [0.1, 0.15) is 11.8 Å². The van der Waals surface area contributed by atoms with Gasteiger partial charge in [-0.1, -0.05) is 47.7 Å². The maximum absolute atomic E-state index is 13.9. The van der Waals surface area contributed by atoms with Crippen molar-refractivity contribution in [1.29, 1.82) is 0 Å². The summed E-state index contributed by atoms with van der Waals surface area (Å²) < 4.78 is 12.8. The molecule has 1 aliphatic rings. The van der Waals surface area contributed by atoms with Gasteiger partial charge in [-0.15, -0.1) is 0 Å². The van der Waals surface area contributed by atoms with Crippen LogP contribution in [0.3, 0.4) is 0 Å². The topological polar surface area (TPSA) is 133 Å². The van der Waals surface area contributed by atoms with E-state index >= 15 is 0 Å². The molecule has 1 aromatic heterocycles. The molecule has 0 aliphatic carbocycles. The minimum atomic E-state index is -0.905. The summed E-state index contributed by atoms with van der Waals surface area (Å²) in [6.45, 7) is 3.53. The second kappa shape index (κ2) is 10.2. The molecule has 5 rings (SSSR count). The Morgan fingerprint density at radius 3 is 2.72 bits per heavy atom. The standard InChI is InChI=1S/C28H23N3O7S/c1-4-38-27(34)23-15(2)29-28-30(25(23)24-18-8-6-5-7-17(18)10-12-21(24)37-3)26(33)22(39-28)14-16-9-11-20(32)19(13-16)31(35)36/h5-14,25,32H,4H2,1-3H3/b22-14-/t25-/m0/s1. The van der Waals surface area contributed by atoms with E-state index in [9.17, 15) is 24.8 Å². The molecule has 11 heteroatoms. The third kappa shape index (κ3) is 4.46. The van der Waals surface area contributed by atoms with E-state index in [-0.39, 0.29) is 16.7 Å². The Labute approximate surface area is 225 Å². The molecule has 0 radical (unpaired) electrons. The third-order valence-electron chi connectivity index (χ3n) is 6.43. The van der Waals surface area contributed by atoms with Crippen molar-refractivity contribution in [2.24, 2.45) is 4.99 Å². The number of aromatic hydroxyl groups is 1. The fraction of sp³-hybridized carbons (Fsp3) is 0.179. The van der Waals surface area contributed by atoms with E-state index in [4.69, 9.17) is 9.47 Å². The van der Waals surface area contributed by atoms with Crippen LogP contribution in [0.25, 0.3) is 16.8 Å². The zero-order chi connectivity index (χ0) is 27.8. The molecule has 39 heavy (non-hydrogen) atoms. The van der Waals surface area contributed by atoms with Crippen molar-refractivity contribution in [3.8, 4) is 11.5 Å². The fourth-order valence-corrected chi connectivity index (χ4v) is 5.77. The molecule has 0 saturated heterocycles. The number of allylic oxidation sites excluding steroid dienone is 1. The summed E-state index contributed by atoms with van der Waals surface area (Å²) >= 11 is 1.09. The maximum Gasteiger partial charge on any atom is 0.338 e. The van der Waals surface area contributed by atoms with Gasteiger partial charge in [0.05, 0.1) is 34.4 Å². The summed E-state index contributed by atoms with van der Waals surface area (Å²) in [7, 11) is 1.52. The van der Waals surface area contributed by atoms with Gasteiger partial charge in [0.2, 0.25) is 0 Å². The number of esters is 1. The van der Waals surface area contributed by atoms with Crippen LogP contribution < -0.4 is 19.6 Å². The van der Waals surface area contributed by atoms with Crippen molar-refractivity contribution < 1.29 is 24.3 Å². The number of rotatable bonds is 6. The number of ether oxygens (including phenoxy) is 2. The molecule has 1 aliphatic heterocycles. The van der Waals surface area contributed by atoms with Crippen LogP contribution in [-0.2, 0) is 9.53 Å². The molecule has 1 N–H and O–H groups in total. The molecule has 0 spiro atoms. The number of methoxy groups -OCH3 is 1. The largest absolute Gasteiger partial charge is 0.502 e. The number of carbonyl (C=O) groups excluding carboxylic acids is 1. The monoisotopic (exact) mass is 545 g/mol. The van der Waals surface area contributed by atoms with Gasteiger partial charge in [0.25, 0.3) is 5.56 Å². The molecule has 0 unspecified atom stereocenters. The lowest BCUT2D eigenvalue weighted by Gasteiger charge is -2.27. The fourth-order valence-electron chi connectivity index (χ4n) is 4.73. The molecule has 0 amide bonds. The number of nitrogens with zero attached hydrogens (tertiary/aromatic N) is 3. The molecular formula is C28H23N3O7S. The second-order valence-electron chi connectivity index (χ2n) is 8.71. The Balaban J connectivity index is 1.83. The van der Waals surface area contributed by atoms with Crippen LogP contribution in [0.15, 0.2) is 75.7 Å². The highest BCUT2D eigenvalue weighted by atomic mass is 32.1. The first-order valence-corrected chi connectivity index (χ1v) is 12.8. The van der Waals surface area contributed by atoms with E-state index in [0.717, 1.165) is 22.1 Å². The molecule has 1 atom stereocenters. The predicted molar refractivity (Wildman–Crippen MR) is 146 cm³/mol. The molecule has 3 aromatic carbocycles. The number of fused-ring (bicyclic) bond motifs is 2. The van der Waals surface area contributed by atoms with Crippen LogP contribution in [0, 0.1) is 10.1 Å². The Hall–Kier alpha value is -4.77. The normalized spacial score (nSPS) is 15.2. The van der Waals surface area contributed by atoms with Gasteiger partial charge in [0, 0.05) is 11.6 Å². The van der Waals surface area contributed by atoms with Crippen molar-refractivity contribution in [3.05, 3.63) is 107 Å². The van der Waals surface area contributed by atoms with Crippen LogP contribution in [0.5, 0.6) is 11.5 Å². The summed E-state index contributed by atoms with van der Waals surface area (Å²) in [4.78, 5) is 42.8. The Kier molecular flexibility index (Phi) is 6.75. The van der Waals surface area contributed by atoms with Gasteiger partial charge in [-0.2, -0.15) is 0 Å². The predicted octanol–water partition coefficient (Wildman–Crippen LogP) is 3.57. The number of phenols is 1. The van der Waals surface area contributed by atoms with Crippen molar-refractivity contribution in [1.82, 2.24) is 4.57 Å². The van der Waals surface area contributed by atoms with E-state index < -0.39 is 33.9 Å². The van der Waals surface area contributed by atoms with Crippen LogP contribution in [0.2, 0.25) is 0 Å². The average Bonchev–Trinajstić information content (AvgIpc) is 3.22. The first kappa shape index (κ1) is 25.9. The summed E-state index contributed by atoms with van der Waals surface area (Å²) in [6, 6.07) is 14.3. The number of nitro groups is 1. The Morgan fingerprint density at radius 2 is 2.00 bits per heavy atom. The molecule has 0 saturated carbocycles. The van der Waals surface area contributed by atoms with Crippen molar-refractivity contribution in [2.45, 2.75) is 19.9 Å². The van der Waals surface area contributed by atoms with Crippen LogP contribution in [0.1, 0.15) is 31.0 Å². The lowest BCUT2D eigenvalue weighted by molar-refractivity contribution is -0.385. The summed E-state index contributed by atoms with van der Waals surface area (Å²) in [5, 5.41) is 22.8. The summed E-state index contributed by atoms with van der Waals surface area (Å²) in [5.74, 6) is -0.586. The van der Waals surface area contributed by atoms with Gasteiger partial charge in [-0.3, -0.25) is 19.5 Å². The lowest BCUT2D eigenvalue weighted by atomic mass is 9.90.